The van der Waals surface area contributed by atoms with Crippen molar-refractivity contribution in [1.82, 2.24) is 14.9 Å². The third kappa shape index (κ3) is 4.37. The van der Waals surface area contributed by atoms with E-state index in [4.69, 9.17) is 5.73 Å². The van der Waals surface area contributed by atoms with Gasteiger partial charge in [0.05, 0.1) is 0 Å². The Kier molecular flexibility index (Phi) is 8.06. The van der Waals surface area contributed by atoms with E-state index in [-0.39, 0.29) is 36.6 Å². The molecule has 0 radical (unpaired) electrons. The molecule has 3 N–H and O–H groups in total. The molecule has 0 bridgehead atoms. The standard InChI is InChI=1S/C12H20N4O.2ClH/c1-9(7-13)12(17)16-6-2-3-10(8-16)11-14-4-5-15-11;;/h4-5,9-10H,2-3,6-8,13H2,1H3,(H,14,15);2*1H. The van der Waals surface area contributed by atoms with E-state index in [1.54, 1.807) is 6.20 Å². The van der Waals surface area contributed by atoms with Crippen molar-refractivity contribution < 1.29 is 4.79 Å². The predicted molar refractivity (Wildman–Crippen MR) is 79.9 cm³/mol. The number of likely N-dealkylation sites (tertiary alicyclic amines) is 1. The van der Waals surface area contributed by atoms with Crippen LogP contribution >= 0.6 is 24.8 Å². The fraction of sp³-hybridized carbons (Fsp3) is 0.667. The van der Waals surface area contributed by atoms with E-state index >= 15 is 0 Å². The fourth-order valence-corrected chi connectivity index (χ4v) is 2.31. The van der Waals surface area contributed by atoms with Crippen LogP contribution in [0.1, 0.15) is 31.5 Å². The minimum atomic E-state index is -0.0784. The molecule has 2 rings (SSSR count). The minimum Gasteiger partial charge on any atom is -0.348 e. The quantitative estimate of drug-likeness (QED) is 0.889. The number of aromatic amines is 1. The average Bonchev–Trinajstić information content (AvgIpc) is 2.91. The summed E-state index contributed by atoms with van der Waals surface area (Å²) in [5.41, 5.74) is 5.54. The van der Waals surface area contributed by atoms with Gasteiger partial charge in [0, 0.05) is 43.9 Å². The molecule has 1 amide bonds. The van der Waals surface area contributed by atoms with Gasteiger partial charge in [-0.25, -0.2) is 4.98 Å². The van der Waals surface area contributed by atoms with E-state index in [2.05, 4.69) is 9.97 Å². The summed E-state index contributed by atoms with van der Waals surface area (Å²) < 4.78 is 0. The average molecular weight is 309 g/mol. The van der Waals surface area contributed by atoms with Crippen molar-refractivity contribution in [3.8, 4) is 0 Å². The van der Waals surface area contributed by atoms with E-state index in [0.717, 1.165) is 31.8 Å². The van der Waals surface area contributed by atoms with Crippen LogP contribution in [0, 0.1) is 5.92 Å². The number of H-pyrrole nitrogens is 1. The second-order valence-corrected chi connectivity index (χ2v) is 4.73. The van der Waals surface area contributed by atoms with Gasteiger partial charge in [-0.05, 0) is 12.8 Å². The summed E-state index contributed by atoms with van der Waals surface area (Å²) in [6.45, 7) is 3.91. The first-order chi connectivity index (χ1) is 8.22. The molecule has 1 saturated heterocycles. The molecule has 0 saturated carbocycles. The molecule has 0 aromatic carbocycles. The maximum absolute atomic E-state index is 12.1. The van der Waals surface area contributed by atoms with Crippen LogP contribution < -0.4 is 5.73 Å². The van der Waals surface area contributed by atoms with Crippen molar-refractivity contribution in [2.45, 2.75) is 25.7 Å². The lowest BCUT2D eigenvalue weighted by molar-refractivity contribution is -0.135. The number of aromatic nitrogens is 2. The van der Waals surface area contributed by atoms with E-state index in [1.165, 1.54) is 0 Å². The monoisotopic (exact) mass is 308 g/mol. The Bertz CT molecular complexity index is 372. The second-order valence-electron chi connectivity index (χ2n) is 4.73. The van der Waals surface area contributed by atoms with Gasteiger partial charge in [-0.2, -0.15) is 0 Å². The molecule has 19 heavy (non-hydrogen) atoms. The Hall–Kier alpha value is -0.780. The first-order valence-electron chi connectivity index (χ1n) is 6.20. The molecule has 2 unspecified atom stereocenters. The highest BCUT2D eigenvalue weighted by molar-refractivity contribution is 5.85. The van der Waals surface area contributed by atoms with Crippen LogP contribution in [0.25, 0.3) is 0 Å². The highest BCUT2D eigenvalue weighted by atomic mass is 35.5. The molecule has 1 fully saturated rings. The van der Waals surface area contributed by atoms with E-state index in [9.17, 15) is 4.79 Å². The van der Waals surface area contributed by atoms with Gasteiger partial charge in [0.15, 0.2) is 0 Å². The lowest BCUT2D eigenvalue weighted by Gasteiger charge is -2.33. The maximum Gasteiger partial charge on any atom is 0.226 e. The number of imidazole rings is 1. The van der Waals surface area contributed by atoms with Crippen LogP contribution in [0.2, 0.25) is 0 Å². The molecular formula is C12H22Cl2N4O. The number of hydrogen-bond donors (Lipinski definition) is 2. The van der Waals surface area contributed by atoms with Gasteiger partial charge in [-0.3, -0.25) is 4.79 Å². The summed E-state index contributed by atoms with van der Waals surface area (Å²) in [6, 6.07) is 0. The van der Waals surface area contributed by atoms with Crippen molar-refractivity contribution in [3.63, 3.8) is 0 Å². The van der Waals surface area contributed by atoms with Crippen molar-refractivity contribution in [1.29, 1.82) is 0 Å². The van der Waals surface area contributed by atoms with Crippen LogP contribution in [-0.4, -0.2) is 40.4 Å². The highest BCUT2D eigenvalue weighted by Gasteiger charge is 2.27. The Morgan fingerprint density at radius 1 is 1.63 bits per heavy atom. The van der Waals surface area contributed by atoms with Gasteiger partial charge in [-0.15, -0.1) is 24.8 Å². The molecule has 2 atom stereocenters. The number of rotatable bonds is 3. The Morgan fingerprint density at radius 2 is 2.37 bits per heavy atom. The summed E-state index contributed by atoms with van der Waals surface area (Å²) in [4.78, 5) is 21.4. The number of nitrogens with two attached hydrogens (primary N) is 1. The molecule has 7 heteroatoms. The summed E-state index contributed by atoms with van der Waals surface area (Å²) in [5.74, 6) is 1.42. The normalized spacial score (nSPS) is 20.1. The van der Waals surface area contributed by atoms with Gasteiger partial charge in [0.1, 0.15) is 5.82 Å². The molecular weight excluding hydrogens is 287 g/mol. The fourth-order valence-electron chi connectivity index (χ4n) is 2.31. The summed E-state index contributed by atoms with van der Waals surface area (Å²) in [7, 11) is 0. The van der Waals surface area contributed by atoms with E-state index < -0.39 is 0 Å². The lowest BCUT2D eigenvalue weighted by atomic mass is 9.96. The highest BCUT2D eigenvalue weighted by Crippen LogP contribution is 2.25. The van der Waals surface area contributed by atoms with Gasteiger partial charge < -0.3 is 15.6 Å². The number of amides is 1. The Balaban J connectivity index is 0.00000162. The smallest absolute Gasteiger partial charge is 0.226 e. The maximum atomic E-state index is 12.1. The Morgan fingerprint density at radius 3 is 2.95 bits per heavy atom. The minimum absolute atomic E-state index is 0. The molecule has 5 nitrogen and oxygen atoms in total. The SMILES string of the molecule is CC(CN)C(=O)N1CCCC(c2ncc[nH]2)C1.Cl.Cl. The zero-order valence-electron chi connectivity index (χ0n) is 11.0. The molecule has 1 aromatic rings. The topological polar surface area (TPSA) is 75.0 Å². The van der Waals surface area contributed by atoms with Gasteiger partial charge in [0.2, 0.25) is 5.91 Å². The molecule has 110 valence electrons. The van der Waals surface area contributed by atoms with Gasteiger partial charge in [0.25, 0.3) is 0 Å². The van der Waals surface area contributed by atoms with Crippen LogP contribution in [-0.2, 0) is 4.79 Å². The number of nitrogens with one attached hydrogen (secondary N) is 1. The third-order valence-corrected chi connectivity index (χ3v) is 3.41. The largest absolute Gasteiger partial charge is 0.348 e. The van der Waals surface area contributed by atoms with Gasteiger partial charge >= 0.3 is 0 Å². The van der Waals surface area contributed by atoms with Crippen LogP contribution in [0.15, 0.2) is 12.4 Å². The molecule has 0 spiro atoms. The first kappa shape index (κ1) is 18.2. The van der Waals surface area contributed by atoms with Crippen LogP contribution in [0.5, 0.6) is 0 Å². The van der Waals surface area contributed by atoms with E-state index in [0.29, 0.717) is 12.5 Å². The third-order valence-electron chi connectivity index (χ3n) is 3.41. The molecule has 1 aliphatic heterocycles. The summed E-state index contributed by atoms with van der Waals surface area (Å²) in [6.07, 6.45) is 5.72. The summed E-state index contributed by atoms with van der Waals surface area (Å²) in [5, 5.41) is 0. The van der Waals surface area contributed by atoms with Crippen molar-refractivity contribution in [3.05, 3.63) is 18.2 Å². The van der Waals surface area contributed by atoms with Gasteiger partial charge in [-0.1, -0.05) is 6.92 Å². The summed E-state index contributed by atoms with van der Waals surface area (Å²) >= 11 is 0. The lowest BCUT2D eigenvalue weighted by Crippen LogP contribution is -2.43. The number of piperidine rings is 1. The number of carbonyl (C=O) groups is 1. The number of carbonyl (C=O) groups excluding carboxylic acids is 1. The Labute approximate surface area is 126 Å². The first-order valence-corrected chi connectivity index (χ1v) is 6.20. The second kappa shape index (κ2) is 8.40. The zero-order valence-corrected chi connectivity index (χ0v) is 12.7. The van der Waals surface area contributed by atoms with Crippen molar-refractivity contribution in [2.75, 3.05) is 19.6 Å². The molecule has 2 heterocycles. The van der Waals surface area contributed by atoms with Crippen molar-refractivity contribution in [2.24, 2.45) is 11.7 Å². The van der Waals surface area contributed by atoms with Crippen molar-refractivity contribution >= 4 is 30.7 Å². The van der Waals surface area contributed by atoms with Crippen LogP contribution in [0.4, 0.5) is 0 Å². The number of halogens is 2. The molecule has 1 aliphatic rings. The zero-order chi connectivity index (χ0) is 12.3. The molecule has 0 aliphatic carbocycles. The predicted octanol–water partition coefficient (Wildman–Crippen LogP) is 1.55. The molecule has 1 aromatic heterocycles. The number of nitrogens with zero attached hydrogens (tertiary/aromatic N) is 2. The van der Waals surface area contributed by atoms with E-state index in [1.807, 2.05) is 18.0 Å². The van der Waals surface area contributed by atoms with Crippen LogP contribution in [0.3, 0.4) is 0 Å². The number of hydrogen-bond acceptors (Lipinski definition) is 3.